The first-order chi connectivity index (χ1) is 16.4. The Morgan fingerprint density at radius 3 is 2.31 bits per heavy atom. The van der Waals surface area contributed by atoms with Gasteiger partial charge in [0.2, 0.25) is 10.0 Å². The van der Waals surface area contributed by atoms with E-state index in [1.165, 1.54) is 6.21 Å². The maximum Gasteiger partial charge on any atom is 0.260 e. The van der Waals surface area contributed by atoms with E-state index < -0.39 is 15.9 Å². The number of sulfonamides is 1. The highest BCUT2D eigenvalue weighted by molar-refractivity contribution is 7.92. The molecule has 0 aliphatic heterocycles. The molecule has 186 valence electrons. The zero-order valence-electron chi connectivity index (χ0n) is 20.2. The van der Waals surface area contributed by atoms with E-state index in [9.17, 15) is 13.2 Å². The summed E-state index contributed by atoms with van der Waals surface area (Å²) in [5.41, 5.74) is 7.40. The third-order valence-electron chi connectivity index (χ3n) is 5.56. The lowest BCUT2D eigenvalue weighted by Crippen LogP contribution is -2.39. The Balaban J connectivity index is 1.74. The van der Waals surface area contributed by atoms with Crippen LogP contribution in [0.5, 0.6) is 0 Å². The van der Waals surface area contributed by atoms with Crippen LogP contribution in [-0.2, 0) is 14.8 Å². The largest absolute Gasteiger partial charge is 0.318 e. The number of carbonyl (C=O) groups is 1. The topological polar surface area (TPSA) is 83.8 Å². The van der Waals surface area contributed by atoms with Crippen LogP contribution < -0.4 is 9.73 Å². The van der Waals surface area contributed by atoms with Gasteiger partial charge in [0.05, 0.1) is 28.2 Å². The van der Waals surface area contributed by atoms with Gasteiger partial charge in [-0.2, -0.15) is 5.10 Å². The number of rotatable bonds is 8. The molecule has 35 heavy (non-hydrogen) atoms. The number of benzene rings is 2. The predicted molar refractivity (Wildman–Crippen MR) is 144 cm³/mol. The fourth-order valence-electron chi connectivity index (χ4n) is 3.70. The number of anilines is 1. The highest BCUT2D eigenvalue weighted by atomic mass is 35.5. The summed E-state index contributed by atoms with van der Waals surface area (Å²) in [7, 11) is -3.67. The Hall–Kier alpha value is -2.81. The van der Waals surface area contributed by atoms with Crippen LogP contribution in [0.1, 0.15) is 42.3 Å². The van der Waals surface area contributed by atoms with Crippen molar-refractivity contribution in [2.75, 3.05) is 17.1 Å². The van der Waals surface area contributed by atoms with Crippen molar-refractivity contribution in [1.82, 2.24) is 9.99 Å². The Kier molecular flexibility index (Phi) is 8.30. The average molecular weight is 535 g/mol. The zero-order chi connectivity index (χ0) is 25.9. The van der Waals surface area contributed by atoms with Gasteiger partial charge >= 0.3 is 0 Å². The molecule has 0 saturated carbocycles. The van der Waals surface area contributed by atoms with E-state index in [1.807, 2.05) is 42.7 Å². The lowest BCUT2D eigenvalue weighted by Gasteiger charge is -2.21. The minimum absolute atomic E-state index is 0.312. The molecular weight excluding hydrogens is 507 g/mol. The van der Waals surface area contributed by atoms with Crippen LogP contribution >= 0.6 is 23.2 Å². The Labute approximate surface area is 216 Å². The molecule has 0 radical (unpaired) electrons. The van der Waals surface area contributed by atoms with Gasteiger partial charge in [-0.05, 0) is 61.7 Å². The third kappa shape index (κ3) is 6.45. The van der Waals surface area contributed by atoms with E-state index in [4.69, 9.17) is 23.2 Å². The number of amides is 1. The van der Waals surface area contributed by atoms with Crippen molar-refractivity contribution in [3.8, 4) is 5.69 Å². The number of hydrazone groups is 1. The number of nitrogens with one attached hydrogen (secondary N) is 1. The fraction of sp³-hybridized carbons (Fsp3) is 0.280. The van der Waals surface area contributed by atoms with E-state index in [1.54, 1.807) is 24.3 Å². The molecule has 0 spiro atoms. The standard InChI is InChI=1S/C25H28Cl2N4O3S/c1-16(2)19-6-8-21(9-7-19)30(35(5,33)34)15-25(32)29-28-14-20-12-17(3)31(18(20)4)22-10-11-23(26)24(27)13-22/h6-14,16H,15H2,1-5H3,(H,29,32)/b28-14-. The predicted octanol–water partition coefficient (Wildman–Crippen LogP) is 5.44. The minimum atomic E-state index is -3.67. The molecule has 0 saturated heterocycles. The minimum Gasteiger partial charge on any atom is -0.318 e. The monoisotopic (exact) mass is 534 g/mol. The quantitative estimate of drug-likeness (QED) is 0.308. The summed E-state index contributed by atoms with van der Waals surface area (Å²) in [6.07, 6.45) is 2.59. The molecule has 0 atom stereocenters. The van der Waals surface area contributed by atoms with Crippen molar-refractivity contribution in [2.24, 2.45) is 5.10 Å². The molecule has 0 aliphatic rings. The van der Waals surface area contributed by atoms with E-state index in [0.717, 1.165) is 38.8 Å². The van der Waals surface area contributed by atoms with Gasteiger partial charge in [-0.1, -0.05) is 49.2 Å². The summed E-state index contributed by atoms with van der Waals surface area (Å²) in [4.78, 5) is 12.5. The first-order valence-electron chi connectivity index (χ1n) is 10.9. The van der Waals surface area contributed by atoms with Gasteiger partial charge in [-0.25, -0.2) is 13.8 Å². The van der Waals surface area contributed by atoms with E-state index in [0.29, 0.717) is 21.7 Å². The molecule has 1 N–H and O–H groups in total. The highest BCUT2D eigenvalue weighted by Crippen LogP contribution is 2.27. The molecule has 7 nitrogen and oxygen atoms in total. The van der Waals surface area contributed by atoms with Crippen LogP contribution in [0.2, 0.25) is 10.0 Å². The summed E-state index contributed by atoms with van der Waals surface area (Å²) >= 11 is 12.2. The molecule has 1 amide bonds. The summed E-state index contributed by atoms with van der Waals surface area (Å²) in [6.45, 7) is 7.58. The molecule has 0 aliphatic carbocycles. The maximum atomic E-state index is 12.5. The first kappa shape index (κ1) is 26.8. The summed E-state index contributed by atoms with van der Waals surface area (Å²) < 4.78 is 27.7. The number of carbonyl (C=O) groups excluding carboxylic acids is 1. The molecule has 1 aromatic heterocycles. The maximum absolute atomic E-state index is 12.5. The molecule has 3 rings (SSSR count). The molecule has 10 heteroatoms. The van der Waals surface area contributed by atoms with Crippen molar-refractivity contribution in [3.05, 3.63) is 81.1 Å². The summed E-state index contributed by atoms with van der Waals surface area (Å²) in [6, 6.07) is 14.4. The number of nitrogens with zero attached hydrogens (tertiary/aromatic N) is 3. The van der Waals surface area contributed by atoms with Crippen LogP contribution in [0.3, 0.4) is 0 Å². The van der Waals surface area contributed by atoms with Gasteiger partial charge in [-0.15, -0.1) is 0 Å². The average Bonchev–Trinajstić information content (AvgIpc) is 3.06. The number of hydrogen-bond acceptors (Lipinski definition) is 4. The van der Waals surface area contributed by atoms with Crippen LogP contribution in [0.15, 0.2) is 53.6 Å². The molecule has 1 heterocycles. The summed E-state index contributed by atoms with van der Waals surface area (Å²) in [5, 5.41) is 4.97. The van der Waals surface area contributed by atoms with Gasteiger partial charge in [0.25, 0.3) is 5.91 Å². The number of halogens is 2. The van der Waals surface area contributed by atoms with Gasteiger partial charge in [0, 0.05) is 22.6 Å². The lowest BCUT2D eigenvalue weighted by atomic mass is 10.0. The van der Waals surface area contributed by atoms with E-state index >= 15 is 0 Å². The van der Waals surface area contributed by atoms with E-state index in [-0.39, 0.29) is 6.54 Å². The van der Waals surface area contributed by atoms with Crippen LogP contribution in [0.25, 0.3) is 5.69 Å². The molecule has 2 aromatic carbocycles. The third-order valence-corrected chi connectivity index (χ3v) is 7.44. The highest BCUT2D eigenvalue weighted by Gasteiger charge is 2.21. The van der Waals surface area contributed by atoms with Crippen molar-refractivity contribution < 1.29 is 13.2 Å². The number of hydrogen-bond donors (Lipinski definition) is 1. The molecular formula is C25H28Cl2N4O3S. The fourth-order valence-corrected chi connectivity index (χ4v) is 4.85. The van der Waals surface area contributed by atoms with Gasteiger partial charge in [-0.3, -0.25) is 9.10 Å². The van der Waals surface area contributed by atoms with Crippen LogP contribution in [-0.4, -0.2) is 37.9 Å². The SMILES string of the molecule is Cc1cc(/C=N\NC(=O)CN(c2ccc(C(C)C)cc2)S(C)(=O)=O)c(C)n1-c1ccc(Cl)c(Cl)c1. The van der Waals surface area contributed by atoms with Crippen LogP contribution in [0, 0.1) is 13.8 Å². The lowest BCUT2D eigenvalue weighted by molar-refractivity contribution is -0.119. The van der Waals surface area contributed by atoms with Crippen molar-refractivity contribution in [2.45, 2.75) is 33.6 Å². The first-order valence-corrected chi connectivity index (χ1v) is 13.5. The van der Waals surface area contributed by atoms with Gasteiger partial charge < -0.3 is 4.57 Å². The van der Waals surface area contributed by atoms with Gasteiger partial charge in [0.1, 0.15) is 6.54 Å². The smallest absolute Gasteiger partial charge is 0.260 e. The number of aryl methyl sites for hydroxylation is 1. The second kappa shape index (κ2) is 10.8. The van der Waals surface area contributed by atoms with Crippen molar-refractivity contribution >= 4 is 51.0 Å². The normalized spacial score (nSPS) is 11.9. The van der Waals surface area contributed by atoms with E-state index in [2.05, 4.69) is 24.4 Å². The molecule has 3 aromatic rings. The molecule has 0 bridgehead atoms. The van der Waals surface area contributed by atoms with Crippen molar-refractivity contribution in [3.63, 3.8) is 0 Å². The van der Waals surface area contributed by atoms with Gasteiger partial charge in [0.15, 0.2) is 0 Å². The molecule has 0 fully saturated rings. The second-order valence-corrected chi connectivity index (χ2v) is 11.3. The molecule has 0 unspecified atom stereocenters. The Morgan fingerprint density at radius 2 is 1.74 bits per heavy atom. The Morgan fingerprint density at radius 1 is 1.09 bits per heavy atom. The Bertz CT molecular complexity index is 1360. The zero-order valence-corrected chi connectivity index (χ0v) is 22.5. The summed E-state index contributed by atoms with van der Waals surface area (Å²) in [5.74, 6) is -0.245. The van der Waals surface area contributed by atoms with Crippen molar-refractivity contribution in [1.29, 1.82) is 0 Å². The number of aromatic nitrogens is 1. The second-order valence-electron chi connectivity index (χ2n) is 8.57. The van der Waals surface area contributed by atoms with Crippen LogP contribution in [0.4, 0.5) is 5.69 Å².